The van der Waals surface area contributed by atoms with E-state index in [1.54, 1.807) is 13.3 Å². The van der Waals surface area contributed by atoms with Crippen molar-refractivity contribution in [3.8, 4) is 11.8 Å². The Balaban J connectivity index is 1.98. The first kappa shape index (κ1) is 14.0. The average Bonchev–Trinajstić information content (AvgIpc) is 2.49. The van der Waals surface area contributed by atoms with Crippen LogP contribution in [0.15, 0.2) is 36.5 Å². The highest BCUT2D eigenvalue weighted by atomic mass is 16.5. The number of nitrogens with one attached hydrogen (secondary N) is 1. The van der Waals surface area contributed by atoms with E-state index >= 15 is 0 Å². The first-order valence-electron chi connectivity index (χ1n) is 6.43. The third-order valence-electron chi connectivity index (χ3n) is 3.12. The van der Waals surface area contributed by atoms with Crippen LogP contribution in [0, 0.1) is 18.3 Å². The number of hydrogen-bond donors (Lipinski definition) is 1. The molecule has 4 nitrogen and oxygen atoms in total. The van der Waals surface area contributed by atoms with Crippen LogP contribution in [-0.4, -0.2) is 12.1 Å². The minimum atomic E-state index is 0.556. The van der Waals surface area contributed by atoms with Crippen LogP contribution in [0.5, 0.6) is 5.75 Å². The van der Waals surface area contributed by atoms with Gasteiger partial charge in [-0.15, -0.1) is 0 Å². The van der Waals surface area contributed by atoms with Crippen molar-refractivity contribution in [1.82, 2.24) is 10.3 Å². The molecule has 1 N–H and O–H groups in total. The molecule has 2 aromatic rings. The normalized spacial score (nSPS) is 10.1. The number of hydrogen-bond acceptors (Lipinski definition) is 4. The van der Waals surface area contributed by atoms with Crippen molar-refractivity contribution in [2.24, 2.45) is 0 Å². The summed E-state index contributed by atoms with van der Waals surface area (Å²) in [6, 6.07) is 11.7. The van der Waals surface area contributed by atoms with E-state index < -0.39 is 0 Å². The molecule has 20 heavy (non-hydrogen) atoms. The summed E-state index contributed by atoms with van der Waals surface area (Å²) in [5.41, 5.74) is 3.82. The highest BCUT2D eigenvalue weighted by Gasteiger charge is 2.04. The van der Waals surface area contributed by atoms with E-state index in [0.717, 1.165) is 11.3 Å². The molecule has 0 radical (unpaired) electrons. The molecule has 0 bridgehead atoms. The molecule has 4 heteroatoms. The Morgan fingerprint density at radius 1 is 1.30 bits per heavy atom. The van der Waals surface area contributed by atoms with Crippen molar-refractivity contribution in [3.63, 3.8) is 0 Å². The molecule has 1 heterocycles. The smallest absolute Gasteiger partial charge is 0.136 e. The number of aryl methyl sites for hydroxylation is 1. The van der Waals surface area contributed by atoms with Gasteiger partial charge in [0.1, 0.15) is 11.8 Å². The molecule has 0 aliphatic carbocycles. The van der Waals surface area contributed by atoms with E-state index in [9.17, 15) is 0 Å². The van der Waals surface area contributed by atoms with Gasteiger partial charge in [-0.2, -0.15) is 5.26 Å². The van der Waals surface area contributed by atoms with Gasteiger partial charge in [-0.1, -0.05) is 12.1 Å². The van der Waals surface area contributed by atoms with Crippen LogP contribution in [0.2, 0.25) is 0 Å². The predicted molar refractivity (Wildman–Crippen MR) is 77.2 cm³/mol. The summed E-state index contributed by atoms with van der Waals surface area (Å²) < 4.78 is 5.13. The van der Waals surface area contributed by atoms with Gasteiger partial charge in [0.2, 0.25) is 0 Å². The van der Waals surface area contributed by atoms with Crippen LogP contribution in [0.25, 0.3) is 0 Å². The van der Waals surface area contributed by atoms with E-state index in [1.807, 2.05) is 37.3 Å². The van der Waals surface area contributed by atoms with Crippen LogP contribution in [-0.2, 0) is 13.1 Å². The van der Waals surface area contributed by atoms with Gasteiger partial charge in [0.05, 0.1) is 18.4 Å². The fourth-order valence-electron chi connectivity index (χ4n) is 1.98. The van der Waals surface area contributed by atoms with Gasteiger partial charge >= 0.3 is 0 Å². The topological polar surface area (TPSA) is 57.9 Å². The lowest BCUT2D eigenvalue weighted by atomic mass is 10.1. The van der Waals surface area contributed by atoms with E-state index in [1.165, 1.54) is 5.56 Å². The molecule has 0 fully saturated rings. The van der Waals surface area contributed by atoms with Crippen molar-refractivity contribution in [2.45, 2.75) is 20.0 Å². The van der Waals surface area contributed by atoms with Gasteiger partial charge < -0.3 is 10.1 Å². The SMILES string of the molecule is COc1ccc(CNCc2ncccc2C)cc1C#N. The fourth-order valence-corrected chi connectivity index (χ4v) is 1.98. The van der Waals surface area contributed by atoms with Crippen molar-refractivity contribution in [1.29, 1.82) is 5.26 Å². The molecule has 102 valence electrons. The van der Waals surface area contributed by atoms with Gasteiger partial charge in [0, 0.05) is 19.3 Å². The number of methoxy groups -OCH3 is 1. The van der Waals surface area contributed by atoms with E-state index in [-0.39, 0.29) is 0 Å². The zero-order valence-electron chi connectivity index (χ0n) is 11.7. The Morgan fingerprint density at radius 2 is 2.15 bits per heavy atom. The maximum Gasteiger partial charge on any atom is 0.136 e. The molecule has 0 unspecified atom stereocenters. The summed E-state index contributed by atoms with van der Waals surface area (Å²) in [6.45, 7) is 3.44. The minimum Gasteiger partial charge on any atom is -0.495 e. The second-order valence-corrected chi connectivity index (χ2v) is 4.52. The molecular formula is C16H17N3O. The van der Waals surface area contributed by atoms with Crippen molar-refractivity contribution in [3.05, 3.63) is 58.9 Å². The maximum absolute atomic E-state index is 9.05. The Hall–Kier alpha value is -2.38. The van der Waals surface area contributed by atoms with Gasteiger partial charge in [-0.3, -0.25) is 4.98 Å². The molecule has 0 aliphatic rings. The van der Waals surface area contributed by atoms with E-state index in [4.69, 9.17) is 10.00 Å². The van der Waals surface area contributed by atoms with E-state index in [2.05, 4.69) is 16.4 Å². The van der Waals surface area contributed by atoms with Gasteiger partial charge in [0.25, 0.3) is 0 Å². The third-order valence-corrected chi connectivity index (χ3v) is 3.12. The number of ether oxygens (including phenoxy) is 1. The molecule has 0 amide bonds. The Labute approximate surface area is 119 Å². The molecule has 0 spiro atoms. The molecule has 1 aromatic carbocycles. The largest absolute Gasteiger partial charge is 0.495 e. The van der Waals surface area contributed by atoms with Gasteiger partial charge in [0.15, 0.2) is 0 Å². The molecule has 0 atom stereocenters. The maximum atomic E-state index is 9.05. The second kappa shape index (κ2) is 6.69. The molecule has 2 rings (SSSR count). The lowest BCUT2D eigenvalue weighted by molar-refractivity contribution is 0.413. The Kier molecular flexibility index (Phi) is 4.70. The number of pyridine rings is 1. The minimum absolute atomic E-state index is 0.556. The third kappa shape index (κ3) is 3.34. The summed E-state index contributed by atoms with van der Waals surface area (Å²) in [7, 11) is 1.57. The van der Waals surface area contributed by atoms with Crippen LogP contribution in [0.3, 0.4) is 0 Å². The highest BCUT2D eigenvalue weighted by molar-refractivity contribution is 5.45. The fraction of sp³-hybridized carbons (Fsp3) is 0.250. The number of nitriles is 1. The average molecular weight is 267 g/mol. The van der Waals surface area contributed by atoms with Crippen LogP contribution in [0.1, 0.15) is 22.4 Å². The second-order valence-electron chi connectivity index (χ2n) is 4.52. The van der Waals surface area contributed by atoms with Crippen molar-refractivity contribution >= 4 is 0 Å². The quantitative estimate of drug-likeness (QED) is 0.904. The first-order valence-corrected chi connectivity index (χ1v) is 6.43. The molecule has 0 saturated carbocycles. The van der Waals surface area contributed by atoms with Gasteiger partial charge in [-0.05, 0) is 36.2 Å². The summed E-state index contributed by atoms with van der Waals surface area (Å²) in [5.74, 6) is 0.608. The summed E-state index contributed by atoms with van der Waals surface area (Å²) in [6.07, 6.45) is 1.80. The first-order chi connectivity index (χ1) is 9.74. The van der Waals surface area contributed by atoms with Gasteiger partial charge in [-0.25, -0.2) is 0 Å². The van der Waals surface area contributed by atoms with Crippen LogP contribution in [0.4, 0.5) is 0 Å². The zero-order chi connectivity index (χ0) is 14.4. The lowest BCUT2D eigenvalue weighted by Gasteiger charge is -2.08. The zero-order valence-corrected chi connectivity index (χ0v) is 11.7. The summed E-state index contributed by atoms with van der Waals surface area (Å²) in [4.78, 5) is 4.34. The number of aromatic nitrogens is 1. The molecular weight excluding hydrogens is 250 g/mol. The monoisotopic (exact) mass is 267 g/mol. The summed E-state index contributed by atoms with van der Waals surface area (Å²) >= 11 is 0. The summed E-state index contributed by atoms with van der Waals surface area (Å²) in [5, 5.41) is 12.4. The number of benzene rings is 1. The predicted octanol–water partition coefficient (Wildman–Crippen LogP) is 2.56. The Bertz CT molecular complexity index is 632. The number of rotatable bonds is 5. The molecule has 0 saturated heterocycles. The molecule has 0 aliphatic heterocycles. The molecule has 1 aromatic heterocycles. The standard InChI is InChI=1S/C16H17N3O/c1-12-4-3-7-19-15(12)11-18-10-13-5-6-16(20-2)14(8-13)9-17/h3-8,18H,10-11H2,1-2H3. The highest BCUT2D eigenvalue weighted by Crippen LogP contribution is 2.18. The Morgan fingerprint density at radius 3 is 2.85 bits per heavy atom. The van der Waals surface area contributed by atoms with Crippen LogP contribution < -0.4 is 10.1 Å². The lowest BCUT2D eigenvalue weighted by Crippen LogP contribution is -2.14. The van der Waals surface area contributed by atoms with Crippen molar-refractivity contribution in [2.75, 3.05) is 7.11 Å². The van der Waals surface area contributed by atoms with Crippen LogP contribution >= 0.6 is 0 Å². The van der Waals surface area contributed by atoms with E-state index in [0.29, 0.717) is 24.4 Å². The number of nitrogens with zero attached hydrogens (tertiary/aromatic N) is 2. The van der Waals surface area contributed by atoms with Crippen molar-refractivity contribution < 1.29 is 4.74 Å².